The van der Waals surface area contributed by atoms with Crippen LogP contribution in [0.1, 0.15) is 76.2 Å². The first-order valence-corrected chi connectivity index (χ1v) is 14.0. The Morgan fingerprint density at radius 2 is 1.14 bits per heavy atom. The highest BCUT2D eigenvalue weighted by Gasteiger charge is 2.57. The zero-order valence-electron chi connectivity index (χ0n) is 21.2. The molecule has 0 N–H and O–H groups in total. The largest absolute Gasteiger partial charge is 0.462 e. The second-order valence-corrected chi connectivity index (χ2v) is 17.2. The van der Waals surface area contributed by atoms with Gasteiger partial charge in [-0.25, -0.2) is 0 Å². The van der Waals surface area contributed by atoms with E-state index in [4.69, 9.17) is 23.0 Å². The van der Waals surface area contributed by atoms with Crippen LogP contribution in [0.3, 0.4) is 0 Å². The number of hydrogen-bond donors (Lipinski definition) is 0. The molecule has 0 aromatic rings. The van der Waals surface area contributed by atoms with Gasteiger partial charge in [0.05, 0.1) is 22.4 Å². The predicted molar refractivity (Wildman–Crippen MR) is 124 cm³/mol. The maximum atomic E-state index is 6.59. The van der Waals surface area contributed by atoms with Crippen LogP contribution in [0.2, 0.25) is 30.3 Å². The third-order valence-electron chi connectivity index (χ3n) is 7.92. The molecule has 0 amide bonds. The summed E-state index contributed by atoms with van der Waals surface area (Å²) in [7, 11) is -2.54. The van der Waals surface area contributed by atoms with Gasteiger partial charge in [-0.1, -0.05) is 20.8 Å². The van der Waals surface area contributed by atoms with E-state index in [1.165, 1.54) is 0 Å². The van der Waals surface area contributed by atoms with Gasteiger partial charge in [0.2, 0.25) is 0 Å². The second kappa shape index (κ2) is 7.63. The molecule has 1 atom stereocenters. The lowest BCUT2D eigenvalue weighted by Gasteiger charge is -2.37. The standard InChI is InChI=1S/C21H44B2O5Si/c1-17(2,3)29(12,13)24-15-16(23-27-20(8,9)21(10,11)28-23)14-22-25-18(4,5)19(6,7)26-22/h16H,14-15H2,1-13H3/t16-/m1/s1. The van der Waals surface area contributed by atoms with Crippen LogP contribution < -0.4 is 0 Å². The normalized spacial score (nSPS) is 26.8. The molecule has 0 aromatic carbocycles. The Morgan fingerprint density at radius 3 is 1.52 bits per heavy atom. The van der Waals surface area contributed by atoms with Crippen molar-refractivity contribution in [3.8, 4) is 0 Å². The Bertz CT molecular complexity index is 566. The Labute approximate surface area is 181 Å². The van der Waals surface area contributed by atoms with Crippen LogP contribution in [-0.2, 0) is 23.0 Å². The molecule has 0 aromatic heterocycles. The highest BCUT2D eigenvalue weighted by atomic mass is 28.4. The molecular weight excluding hydrogens is 382 g/mol. The number of rotatable bonds is 6. The maximum Gasteiger partial charge on any atom is 0.462 e. The second-order valence-electron chi connectivity index (χ2n) is 12.4. The summed E-state index contributed by atoms with van der Waals surface area (Å²) in [4.78, 5) is 0. The van der Waals surface area contributed by atoms with Crippen molar-refractivity contribution in [2.45, 2.75) is 129 Å². The summed E-state index contributed by atoms with van der Waals surface area (Å²) < 4.78 is 31.9. The monoisotopic (exact) mass is 426 g/mol. The molecule has 29 heavy (non-hydrogen) atoms. The summed E-state index contributed by atoms with van der Waals surface area (Å²) in [5, 5.41) is 0.151. The van der Waals surface area contributed by atoms with E-state index in [0.717, 1.165) is 0 Å². The van der Waals surface area contributed by atoms with Crippen molar-refractivity contribution in [2.24, 2.45) is 0 Å². The molecule has 2 rings (SSSR count). The van der Waals surface area contributed by atoms with Gasteiger partial charge < -0.3 is 23.0 Å². The molecule has 2 fully saturated rings. The van der Waals surface area contributed by atoms with Crippen molar-refractivity contribution in [3.05, 3.63) is 0 Å². The highest BCUT2D eigenvalue weighted by Crippen LogP contribution is 2.45. The van der Waals surface area contributed by atoms with E-state index in [-0.39, 0.29) is 47.5 Å². The zero-order chi connectivity index (χ0) is 22.7. The highest BCUT2D eigenvalue weighted by molar-refractivity contribution is 6.74. The van der Waals surface area contributed by atoms with Crippen LogP contribution >= 0.6 is 0 Å². The molecule has 0 spiro atoms. The van der Waals surface area contributed by atoms with Gasteiger partial charge >= 0.3 is 14.2 Å². The fourth-order valence-electron chi connectivity index (χ4n) is 3.18. The zero-order valence-corrected chi connectivity index (χ0v) is 22.2. The Hall–Kier alpha value is 0.147. The van der Waals surface area contributed by atoms with E-state index in [9.17, 15) is 0 Å². The molecule has 2 aliphatic heterocycles. The van der Waals surface area contributed by atoms with Gasteiger partial charge in [-0.15, -0.1) is 0 Å². The van der Waals surface area contributed by atoms with Crippen LogP contribution in [0, 0.1) is 0 Å². The molecule has 8 heteroatoms. The fraction of sp³-hybridized carbons (Fsp3) is 1.00. The Kier molecular flexibility index (Phi) is 6.68. The van der Waals surface area contributed by atoms with E-state index in [1.807, 2.05) is 0 Å². The third-order valence-corrected chi connectivity index (χ3v) is 12.4. The van der Waals surface area contributed by atoms with Gasteiger partial charge in [-0.2, -0.15) is 0 Å². The summed E-state index contributed by atoms with van der Waals surface area (Å²) in [5.74, 6) is 0.0277. The lowest BCUT2D eigenvalue weighted by Crippen LogP contribution is -2.43. The third kappa shape index (κ3) is 5.15. The van der Waals surface area contributed by atoms with Crippen molar-refractivity contribution in [3.63, 3.8) is 0 Å². The lowest BCUT2D eigenvalue weighted by molar-refractivity contribution is 0.00578. The van der Waals surface area contributed by atoms with Gasteiger partial charge in [-0.3, -0.25) is 0 Å². The first-order valence-electron chi connectivity index (χ1n) is 11.1. The van der Waals surface area contributed by atoms with Gasteiger partial charge in [0, 0.05) is 12.4 Å². The minimum absolute atomic E-state index is 0.0277. The summed E-state index contributed by atoms with van der Waals surface area (Å²) in [6.45, 7) is 28.6. The van der Waals surface area contributed by atoms with Gasteiger partial charge in [0.15, 0.2) is 8.32 Å². The molecule has 2 aliphatic rings. The van der Waals surface area contributed by atoms with Crippen LogP contribution in [0.5, 0.6) is 0 Å². The summed E-state index contributed by atoms with van der Waals surface area (Å²) in [6.07, 6.45) is 0.679. The SMILES string of the molecule is CC1(C)OB(C[C@H](CO[Si](C)(C)C(C)(C)C)B2OC(C)(C)C(C)(C)O2)OC1(C)C. The van der Waals surface area contributed by atoms with E-state index < -0.39 is 8.32 Å². The van der Waals surface area contributed by atoms with Crippen molar-refractivity contribution in [1.29, 1.82) is 0 Å². The first kappa shape index (κ1) is 25.4. The summed E-state index contributed by atoms with van der Waals surface area (Å²) in [6, 6.07) is 0. The molecule has 0 saturated carbocycles. The Morgan fingerprint density at radius 1 is 0.759 bits per heavy atom. The minimum Gasteiger partial charge on any atom is -0.417 e. The smallest absolute Gasteiger partial charge is 0.417 e. The molecule has 0 radical (unpaired) electrons. The minimum atomic E-state index is -1.90. The molecule has 168 valence electrons. The van der Waals surface area contributed by atoms with Gasteiger partial charge in [0.1, 0.15) is 0 Å². The summed E-state index contributed by atoms with van der Waals surface area (Å²) in [5.41, 5.74) is -1.44. The quantitative estimate of drug-likeness (QED) is 0.521. The average Bonchev–Trinajstić information content (AvgIpc) is 2.81. The Balaban J connectivity index is 2.19. The van der Waals surface area contributed by atoms with E-state index in [2.05, 4.69) is 89.3 Å². The first-order chi connectivity index (χ1) is 12.7. The van der Waals surface area contributed by atoms with Crippen LogP contribution in [-0.4, -0.2) is 51.6 Å². The van der Waals surface area contributed by atoms with Crippen molar-refractivity contribution < 1.29 is 23.0 Å². The maximum absolute atomic E-state index is 6.59. The van der Waals surface area contributed by atoms with Crippen molar-refractivity contribution in [1.82, 2.24) is 0 Å². The van der Waals surface area contributed by atoms with Gasteiger partial charge in [-0.05, 0) is 79.8 Å². The average molecular weight is 426 g/mol. The molecule has 0 bridgehead atoms. The molecule has 5 nitrogen and oxygen atoms in total. The van der Waals surface area contributed by atoms with Crippen LogP contribution in [0.15, 0.2) is 0 Å². The van der Waals surface area contributed by atoms with E-state index in [1.54, 1.807) is 0 Å². The van der Waals surface area contributed by atoms with Crippen LogP contribution in [0.25, 0.3) is 0 Å². The predicted octanol–water partition coefficient (Wildman–Crippen LogP) is 5.56. The number of hydrogen-bond acceptors (Lipinski definition) is 5. The molecule has 2 heterocycles. The molecule has 2 saturated heterocycles. The van der Waals surface area contributed by atoms with Gasteiger partial charge in [0.25, 0.3) is 0 Å². The molecular formula is C21H44B2O5Si. The fourth-order valence-corrected chi connectivity index (χ4v) is 4.24. The lowest BCUT2D eigenvalue weighted by atomic mass is 9.61. The molecule has 0 unspecified atom stereocenters. The van der Waals surface area contributed by atoms with E-state index in [0.29, 0.717) is 12.9 Å². The van der Waals surface area contributed by atoms with Crippen molar-refractivity contribution in [2.75, 3.05) is 6.61 Å². The van der Waals surface area contributed by atoms with Crippen LogP contribution in [0.4, 0.5) is 0 Å². The topological polar surface area (TPSA) is 46.2 Å². The summed E-state index contributed by atoms with van der Waals surface area (Å²) >= 11 is 0. The van der Waals surface area contributed by atoms with Crippen molar-refractivity contribution >= 4 is 22.6 Å². The molecule has 0 aliphatic carbocycles. The van der Waals surface area contributed by atoms with E-state index >= 15 is 0 Å².